The van der Waals surface area contributed by atoms with Gasteiger partial charge in [-0.1, -0.05) is 60.7 Å². The minimum absolute atomic E-state index is 0.170. The maximum Gasteiger partial charge on any atom is 0.0326 e. The summed E-state index contributed by atoms with van der Waals surface area (Å²) in [6.07, 6.45) is 12.4. The second kappa shape index (κ2) is 8.95. The zero-order chi connectivity index (χ0) is 17.5. The molecule has 0 fully saturated rings. The molecule has 1 nitrogen and oxygen atoms in total. The smallest absolute Gasteiger partial charge is 0.0326 e. The standard InChI is InChI=1S/C23H24IN/c1-2-3-13-24-17-18-9-11-20(12-10-18)22-14-21(15-23(25)16-22)19-7-5-4-6-8-19/h2-9,11-16,18H,10,17,25H2,1H3/b3-2-/t18-/m0/s1. The van der Waals surface area contributed by atoms with Gasteiger partial charge in [0.05, 0.1) is 0 Å². The molecule has 0 aliphatic heterocycles. The van der Waals surface area contributed by atoms with Gasteiger partial charge in [-0.15, -0.1) is 20.7 Å². The molecule has 1 atom stereocenters. The molecule has 25 heavy (non-hydrogen) atoms. The number of anilines is 1. The van der Waals surface area contributed by atoms with Gasteiger partial charge >= 0.3 is 0 Å². The summed E-state index contributed by atoms with van der Waals surface area (Å²) >= 11 is 0.170. The zero-order valence-corrected chi connectivity index (χ0v) is 16.7. The van der Waals surface area contributed by atoms with Crippen molar-refractivity contribution in [1.82, 2.24) is 0 Å². The van der Waals surface area contributed by atoms with Crippen molar-refractivity contribution in [2.24, 2.45) is 5.92 Å². The first-order valence-electron chi connectivity index (χ1n) is 8.63. The van der Waals surface area contributed by atoms with E-state index in [9.17, 15) is 0 Å². The number of allylic oxidation sites excluding steroid dienone is 6. The van der Waals surface area contributed by atoms with Crippen LogP contribution in [0, 0.1) is 5.92 Å². The minimum Gasteiger partial charge on any atom is -0.399 e. The van der Waals surface area contributed by atoms with Gasteiger partial charge < -0.3 is 5.73 Å². The van der Waals surface area contributed by atoms with Crippen LogP contribution in [0.25, 0.3) is 16.7 Å². The number of hydrogen-bond donors (Lipinski definition) is 1. The Hall–Kier alpha value is -1.94. The van der Waals surface area contributed by atoms with E-state index in [1.54, 1.807) is 0 Å². The third-order valence-corrected chi connectivity index (χ3v) is 6.79. The fourth-order valence-electron chi connectivity index (χ4n) is 2.90. The Morgan fingerprint density at radius 1 is 1.08 bits per heavy atom. The van der Waals surface area contributed by atoms with Crippen LogP contribution in [-0.2, 0) is 0 Å². The summed E-state index contributed by atoms with van der Waals surface area (Å²) in [4.78, 5) is 0. The molecule has 0 amide bonds. The third-order valence-electron chi connectivity index (χ3n) is 4.23. The van der Waals surface area contributed by atoms with Crippen LogP contribution in [0.2, 0.25) is 0 Å². The summed E-state index contributed by atoms with van der Waals surface area (Å²) < 4.78 is 3.67. The van der Waals surface area contributed by atoms with Crippen LogP contribution in [-0.4, -0.2) is 8.44 Å². The number of halogens is 1. The van der Waals surface area contributed by atoms with Crippen LogP contribution in [0.5, 0.6) is 0 Å². The molecule has 3 rings (SSSR count). The van der Waals surface area contributed by atoms with Gasteiger partial charge in [0.2, 0.25) is 0 Å². The molecule has 2 heteroatoms. The van der Waals surface area contributed by atoms with Crippen LogP contribution in [0.4, 0.5) is 5.69 Å². The molecule has 0 spiro atoms. The Bertz CT molecular complexity index is 828. The lowest BCUT2D eigenvalue weighted by Gasteiger charge is -2.16. The molecular weight excluding hydrogens is 417 g/mol. The Kier molecular flexibility index (Phi) is 6.40. The summed E-state index contributed by atoms with van der Waals surface area (Å²) in [5.74, 6) is 0.688. The Labute approximate surface area is 160 Å². The molecule has 0 radical (unpaired) electrons. The van der Waals surface area contributed by atoms with E-state index < -0.39 is 0 Å². The van der Waals surface area contributed by atoms with Gasteiger partial charge in [0.15, 0.2) is 0 Å². The first-order valence-corrected chi connectivity index (χ1v) is 11.4. The van der Waals surface area contributed by atoms with E-state index in [4.69, 9.17) is 5.73 Å². The fourth-order valence-corrected chi connectivity index (χ4v) is 5.21. The molecule has 1 aliphatic carbocycles. The molecule has 0 saturated heterocycles. The van der Waals surface area contributed by atoms with Crippen LogP contribution in [0.3, 0.4) is 0 Å². The van der Waals surface area contributed by atoms with Crippen molar-refractivity contribution in [3.05, 3.63) is 84.5 Å². The van der Waals surface area contributed by atoms with E-state index in [2.05, 4.69) is 83.8 Å². The molecular formula is C23H24IN. The SMILES string of the molecule is C/C=C\C=IC[C@H]1C=CC(c2cc(N)cc(-c3ccccc3)c2)=CC1. The van der Waals surface area contributed by atoms with E-state index in [0.29, 0.717) is 5.92 Å². The second-order valence-corrected chi connectivity index (χ2v) is 8.67. The van der Waals surface area contributed by atoms with Gasteiger partial charge in [0.25, 0.3) is 0 Å². The predicted molar refractivity (Wildman–Crippen MR) is 121 cm³/mol. The highest BCUT2D eigenvalue weighted by atomic mass is 127. The average molecular weight is 441 g/mol. The fraction of sp³-hybridized carbons (Fsp3) is 0.174. The first kappa shape index (κ1) is 17.9. The lowest BCUT2D eigenvalue weighted by Crippen LogP contribution is -2.01. The summed E-state index contributed by atoms with van der Waals surface area (Å²) in [5.41, 5.74) is 11.9. The molecule has 0 heterocycles. The summed E-state index contributed by atoms with van der Waals surface area (Å²) in [6.45, 7) is 2.07. The monoisotopic (exact) mass is 441 g/mol. The lowest BCUT2D eigenvalue weighted by atomic mass is 9.92. The van der Waals surface area contributed by atoms with E-state index in [-0.39, 0.29) is 20.7 Å². The number of rotatable bonds is 5. The van der Waals surface area contributed by atoms with Crippen LogP contribution >= 0.6 is 20.7 Å². The van der Waals surface area contributed by atoms with Gasteiger partial charge in [-0.2, -0.15) is 0 Å². The van der Waals surface area contributed by atoms with Crippen LogP contribution in [0.15, 0.2) is 78.9 Å². The van der Waals surface area contributed by atoms with E-state index in [0.717, 1.165) is 12.1 Å². The molecule has 2 aromatic rings. The molecule has 128 valence electrons. The van der Waals surface area contributed by atoms with Crippen molar-refractivity contribution in [1.29, 1.82) is 0 Å². The van der Waals surface area contributed by atoms with Gasteiger partial charge in [0.1, 0.15) is 0 Å². The number of alkyl halides is 1. The second-order valence-electron chi connectivity index (χ2n) is 6.18. The molecule has 0 aromatic heterocycles. The van der Waals surface area contributed by atoms with Gasteiger partial charge in [-0.05, 0) is 63.7 Å². The number of nitrogen functional groups attached to an aromatic ring is 1. The Morgan fingerprint density at radius 2 is 1.88 bits per heavy atom. The normalized spacial score (nSPS) is 17.6. The molecule has 0 bridgehead atoms. The predicted octanol–water partition coefficient (Wildman–Crippen LogP) is 6.24. The van der Waals surface area contributed by atoms with Crippen molar-refractivity contribution in [3.63, 3.8) is 0 Å². The van der Waals surface area contributed by atoms with E-state index in [1.165, 1.54) is 26.7 Å². The van der Waals surface area contributed by atoms with Crippen LogP contribution in [0.1, 0.15) is 18.9 Å². The van der Waals surface area contributed by atoms with Gasteiger partial charge in [-0.25, -0.2) is 0 Å². The average Bonchev–Trinajstić information content (AvgIpc) is 2.66. The van der Waals surface area contributed by atoms with Crippen molar-refractivity contribution in [2.75, 3.05) is 10.2 Å². The van der Waals surface area contributed by atoms with Crippen molar-refractivity contribution < 1.29 is 0 Å². The van der Waals surface area contributed by atoms with Crippen molar-refractivity contribution in [2.45, 2.75) is 13.3 Å². The number of hydrogen-bond acceptors (Lipinski definition) is 1. The molecule has 2 N–H and O–H groups in total. The number of nitrogens with two attached hydrogens (primary N) is 1. The summed E-state index contributed by atoms with van der Waals surface area (Å²) in [6, 6.07) is 16.8. The quantitative estimate of drug-likeness (QED) is 0.332. The first-order chi connectivity index (χ1) is 12.3. The highest BCUT2D eigenvalue weighted by Crippen LogP contribution is 2.31. The number of benzene rings is 2. The maximum absolute atomic E-state index is 6.17. The molecule has 0 unspecified atom stereocenters. The summed E-state index contributed by atoms with van der Waals surface area (Å²) in [7, 11) is 0. The largest absolute Gasteiger partial charge is 0.399 e. The van der Waals surface area contributed by atoms with Crippen molar-refractivity contribution >= 4 is 36.0 Å². The van der Waals surface area contributed by atoms with Crippen LogP contribution < -0.4 is 5.73 Å². The third kappa shape index (κ3) is 5.02. The van der Waals surface area contributed by atoms with Crippen molar-refractivity contribution in [3.8, 4) is 11.1 Å². The maximum atomic E-state index is 6.17. The molecule has 2 aromatic carbocycles. The highest BCUT2D eigenvalue weighted by molar-refractivity contribution is 14.2. The van der Waals surface area contributed by atoms with E-state index in [1.807, 2.05) is 6.07 Å². The molecule has 0 saturated carbocycles. The minimum atomic E-state index is 0.170. The summed E-state index contributed by atoms with van der Waals surface area (Å²) in [5, 5.41) is 0. The lowest BCUT2D eigenvalue weighted by molar-refractivity contribution is 0.763. The Morgan fingerprint density at radius 3 is 2.60 bits per heavy atom. The Balaban J connectivity index is 1.76. The topological polar surface area (TPSA) is 26.0 Å². The molecule has 1 aliphatic rings. The zero-order valence-electron chi connectivity index (χ0n) is 14.5. The van der Waals surface area contributed by atoms with Gasteiger partial charge in [-0.3, -0.25) is 0 Å². The van der Waals surface area contributed by atoms with E-state index >= 15 is 0 Å². The highest BCUT2D eigenvalue weighted by Gasteiger charge is 2.10. The van der Waals surface area contributed by atoms with Gasteiger partial charge in [0, 0.05) is 10.1 Å².